The van der Waals surface area contributed by atoms with Crippen LogP contribution < -0.4 is 5.73 Å². The first-order valence-electron chi connectivity index (χ1n) is 7.79. The summed E-state index contributed by atoms with van der Waals surface area (Å²) in [5, 5.41) is 0. The molecule has 0 spiro atoms. The molecule has 0 aromatic rings. The van der Waals surface area contributed by atoms with Crippen LogP contribution in [0, 0.1) is 0 Å². The molecule has 20 heavy (non-hydrogen) atoms. The van der Waals surface area contributed by atoms with Crippen molar-refractivity contribution in [1.82, 2.24) is 14.7 Å². The predicted octanol–water partition coefficient (Wildman–Crippen LogP) is 0.844. The molecule has 0 radical (unpaired) electrons. The lowest BCUT2D eigenvalue weighted by Crippen LogP contribution is -2.51. The first kappa shape index (κ1) is 19.4. The van der Waals surface area contributed by atoms with E-state index in [-0.39, 0.29) is 11.9 Å². The Labute approximate surface area is 125 Å². The highest BCUT2D eigenvalue weighted by Gasteiger charge is 2.25. The number of hydrogen-bond donors (Lipinski definition) is 1. The Hall–Kier alpha value is -0.650. The van der Waals surface area contributed by atoms with Gasteiger partial charge in [0.1, 0.15) is 0 Å². The van der Waals surface area contributed by atoms with Gasteiger partial charge in [0, 0.05) is 44.7 Å². The molecule has 5 heteroatoms. The third-order valence-corrected chi connectivity index (χ3v) is 3.83. The molecule has 0 aromatic carbocycles. The number of hydrogen-bond acceptors (Lipinski definition) is 4. The number of rotatable bonds is 10. The number of likely N-dealkylation sites (N-methyl/N-ethyl adjacent to an activating group) is 2. The van der Waals surface area contributed by atoms with Crippen molar-refractivity contribution in [3.05, 3.63) is 0 Å². The minimum absolute atomic E-state index is 0.128. The molecular formula is C15H34N4O. The van der Waals surface area contributed by atoms with Gasteiger partial charge in [-0.15, -0.1) is 0 Å². The monoisotopic (exact) mass is 286 g/mol. The fourth-order valence-electron chi connectivity index (χ4n) is 2.81. The van der Waals surface area contributed by atoms with Gasteiger partial charge in [-0.25, -0.2) is 0 Å². The van der Waals surface area contributed by atoms with Crippen molar-refractivity contribution in [3.63, 3.8) is 0 Å². The van der Waals surface area contributed by atoms with Gasteiger partial charge in [-0.05, 0) is 41.4 Å². The molecular weight excluding hydrogens is 252 g/mol. The Balaban J connectivity index is 4.72. The van der Waals surface area contributed by atoms with Crippen molar-refractivity contribution in [2.45, 2.75) is 46.2 Å². The van der Waals surface area contributed by atoms with E-state index in [2.05, 4.69) is 37.7 Å². The Bertz CT molecular complexity index is 267. The van der Waals surface area contributed by atoms with Crippen LogP contribution in [0.25, 0.3) is 0 Å². The quantitative estimate of drug-likeness (QED) is 0.647. The average Bonchev–Trinajstić information content (AvgIpc) is 2.38. The van der Waals surface area contributed by atoms with E-state index < -0.39 is 0 Å². The summed E-state index contributed by atoms with van der Waals surface area (Å²) in [6.45, 7) is 12.3. The second-order valence-electron chi connectivity index (χ2n) is 5.60. The van der Waals surface area contributed by atoms with Gasteiger partial charge in [0.15, 0.2) is 0 Å². The highest BCUT2D eigenvalue weighted by molar-refractivity contribution is 5.76. The van der Waals surface area contributed by atoms with Crippen LogP contribution in [0.2, 0.25) is 0 Å². The maximum atomic E-state index is 12.3. The van der Waals surface area contributed by atoms with Crippen molar-refractivity contribution < 1.29 is 4.79 Å². The van der Waals surface area contributed by atoms with Crippen LogP contribution in [0.4, 0.5) is 0 Å². The summed E-state index contributed by atoms with van der Waals surface area (Å²) in [5.41, 5.74) is 5.92. The lowest BCUT2D eigenvalue weighted by molar-refractivity contribution is -0.132. The number of nitrogens with two attached hydrogens (primary N) is 1. The molecule has 0 aromatic heterocycles. The summed E-state index contributed by atoms with van der Waals surface area (Å²) in [6, 6.07) is 0.524. The zero-order valence-electron chi connectivity index (χ0n) is 14.2. The standard InChI is InChI=1S/C15H34N4O/c1-7-18(8-2)15(20)10-14(11-16)19(9-3)13(4)12-17(5)6/h13-14H,7-12,16H2,1-6H3. The number of carbonyl (C=O) groups is 1. The Morgan fingerprint density at radius 1 is 1.10 bits per heavy atom. The van der Waals surface area contributed by atoms with Gasteiger partial charge < -0.3 is 15.5 Å². The van der Waals surface area contributed by atoms with Crippen LogP contribution in [0.15, 0.2) is 0 Å². The van der Waals surface area contributed by atoms with Gasteiger partial charge in [-0.2, -0.15) is 0 Å². The second kappa shape index (κ2) is 10.1. The van der Waals surface area contributed by atoms with Gasteiger partial charge in [-0.3, -0.25) is 9.69 Å². The van der Waals surface area contributed by atoms with E-state index in [0.29, 0.717) is 19.0 Å². The number of carbonyl (C=O) groups excluding carboxylic acids is 1. The molecule has 120 valence electrons. The van der Waals surface area contributed by atoms with E-state index in [1.54, 1.807) is 0 Å². The first-order valence-corrected chi connectivity index (χ1v) is 7.79. The van der Waals surface area contributed by atoms with Gasteiger partial charge in [0.25, 0.3) is 0 Å². The van der Waals surface area contributed by atoms with Gasteiger partial charge in [0.2, 0.25) is 5.91 Å². The highest BCUT2D eigenvalue weighted by atomic mass is 16.2. The van der Waals surface area contributed by atoms with Gasteiger partial charge in [-0.1, -0.05) is 6.92 Å². The molecule has 0 fully saturated rings. The Morgan fingerprint density at radius 3 is 2.00 bits per heavy atom. The molecule has 0 bridgehead atoms. The van der Waals surface area contributed by atoms with Crippen molar-refractivity contribution >= 4 is 5.91 Å². The van der Waals surface area contributed by atoms with Crippen LogP contribution >= 0.6 is 0 Å². The Kier molecular flexibility index (Phi) is 9.80. The van der Waals surface area contributed by atoms with E-state index >= 15 is 0 Å². The maximum Gasteiger partial charge on any atom is 0.224 e. The molecule has 2 N–H and O–H groups in total. The molecule has 5 nitrogen and oxygen atoms in total. The van der Waals surface area contributed by atoms with Crippen LogP contribution in [-0.2, 0) is 4.79 Å². The van der Waals surface area contributed by atoms with Crippen molar-refractivity contribution in [3.8, 4) is 0 Å². The van der Waals surface area contributed by atoms with Crippen LogP contribution in [-0.4, -0.2) is 79.5 Å². The summed E-state index contributed by atoms with van der Waals surface area (Å²) in [5.74, 6) is 0.209. The topological polar surface area (TPSA) is 52.8 Å². The number of nitrogens with zero attached hydrogens (tertiary/aromatic N) is 3. The van der Waals surface area contributed by atoms with E-state index in [0.717, 1.165) is 26.2 Å². The van der Waals surface area contributed by atoms with Gasteiger partial charge >= 0.3 is 0 Å². The molecule has 1 amide bonds. The fourth-order valence-corrected chi connectivity index (χ4v) is 2.81. The molecule has 0 saturated heterocycles. The lowest BCUT2D eigenvalue weighted by atomic mass is 10.1. The van der Waals surface area contributed by atoms with Crippen LogP contribution in [0.1, 0.15) is 34.1 Å². The van der Waals surface area contributed by atoms with Crippen molar-refractivity contribution in [2.24, 2.45) is 5.73 Å². The molecule has 2 unspecified atom stereocenters. The molecule has 0 rings (SSSR count). The minimum Gasteiger partial charge on any atom is -0.343 e. The number of amides is 1. The predicted molar refractivity (Wildman–Crippen MR) is 85.8 cm³/mol. The summed E-state index contributed by atoms with van der Waals surface area (Å²) in [6.07, 6.45) is 0.518. The molecule has 0 heterocycles. The minimum atomic E-state index is 0.128. The van der Waals surface area contributed by atoms with E-state index in [4.69, 9.17) is 5.73 Å². The average molecular weight is 286 g/mol. The van der Waals surface area contributed by atoms with Crippen molar-refractivity contribution in [2.75, 3.05) is 46.8 Å². The molecule has 0 aliphatic rings. The van der Waals surface area contributed by atoms with Crippen LogP contribution in [0.3, 0.4) is 0 Å². The Morgan fingerprint density at radius 2 is 1.65 bits per heavy atom. The summed E-state index contributed by atoms with van der Waals surface area (Å²) in [7, 11) is 4.14. The molecule has 0 aliphatic heterocycles. The fraction of sp³-hybridized carbons (Fsp3) is 0.933. The summed E-state index contributed by atoms with van der Waals surface area (Å²) >= 11 is 0. The van der Waals surface area contributed by atoms with E-state index in [1.165, 1.54) is 0 Å². The largest absolute Gasteiger partial charge is 0.343 e. The van der Waals surface area contributed by atoms with Gasteiger partial charge in [0.05, 0.1) is 0 Å². The smallest absolute Gasteiger partial charge is 0.224 e. The molecule has 0 aliphatic carbocycles. The summed E-state index contributed by atoms with van der Waals surface area (Å²) < 4.78 is 0. The normalized spacial score (nSPS) is 14.7. The van der Waals surface area contributed by atoms with E-state index in [9.17, 15) is 4.79 Å². The first-order chi connectivity index (χ1) is 9.40. The third-order valence-electron chi connectivity index (χ3n) is 3.83. The molecule has 0 saturated carbocycles. The lowest BCUT2D eigenvalue weighted by Gasteiger charge is -2.36. The second-order valence-corrected chi connectivity index (χ2v) is 5.60. The van der Waals surface area contributed by atoms with Crippen LogP contribution in [0.5, 0.6) is 0 Å². The zero-order valence-corrected chi connectivity index (χ0v) is 14.2. The zero-order chi connectivity index (χ0) is 15.7. The molecule has 2 atom stereocenters. The third kappa shape index (κ3) is 6.20. The van der Waals surface area contributed by atoms with Crippen molar-refractivity contribution in [1.29, 1.82) is 0 Å². The summed E-state index contributed by atoms with van der Waals surface area (Å²) in [4.78, 5) is 18.7. The highest BCUT2D eigenvalue weighted by Crippen LogP contribution is 2.11. The van der Waals surface area contributed by atoms with E-state index in [1.807, 2.05) is 18.7 Å². The SMILES string of the molecule is CCN(CC)C(=O)CC(CN)N(CC)C(C)CN(C)C. The maximum absolute atomic E-state index is 12.3.